The van der Waals surface area contributed by atoms with E-state index < -0.39 is 17.3 Å². The third-order valence-corrected chi connectivity index (χ3v) is 6.69. The van der Waals surface area contributed by atoms with Crippen molar-refractivity contribution in [1.82, 2.24) is 30.0 Å². The minimum Gasteiger partial charge on any atom is -0.300 e. The minimum atomic E-state index is -4.62. The molecule has 1 aromatic carbocycles. The van der Waals surface area contributed by atoms with Gasteiger partial charge >= 0.3 is 6.18 Å². The van der Waals surface area contributed by atoms with E-state index in [1.807, 2.05) is 0 Å². The summed E-state index contributed by atoms with van der Waals surface area (Å²) in [6.07, 6.45) is -1.19. The van der Waals surface area contributed by atoms with E-state index >= 15 is 0 Å². The van der Waals surface area contributed by atoms with Crippen LogP contribution in [0.15, 0.2) is 18.2 Å². The van der Waals surface area contributed by atoms with Crippen LogP contribution in [0.1, 0.15) is 50.1 Å². The van der Waals surface area contributed by atoms with E-state index in [9.17, 15) is 13.2 Å². The number of piperidine rings is 1. The van der Waals surface area contributed by atoms with Crippen molar-refractivity contribution in [3.05, 3.63) is 35.2 Å². The summed E-state index contributed by atoms with van der Waals surface area (Å²) in [6, 6.07) is 5.70. The number of likely N-dealkylation sites (tertiary alicyclic amines) is 2. The second kappa shape index (κ2) is 8.20. The van der Waals surface area contributed by atoms with Gasteiger partial charge in [-0.25, -0.2) is 0 Å². The van der Waals surface area contributed by atoms with Gasteiger partial charge < -0.3 is 4.90 Å². The van der Waals surface area contributed by atoms with E-state index in [-0.39, 0.29) is 5.69 Å². The van der Waals surface area contributed by atoms with Gasteiger partial charge in [0.2, 0.25) is 0 Å². The van der Waals surface area contributed by atoms with Crippen LogP contribution in [0.4, 0.5) is 13.2 Å². The van der Waals surface area contributed by atoms with Gasteiger partial charge in [0, 0.05) is 12.6 Å². The number of hydrogen-bond acceptors (Lipinski definition) is 6. The first kappa shape index (κ1) is 21.7. The maximum absolute atomic E-state index is 13.3. The molecule has 3 heterocycles. The first-order chi connectivity index (χ1) is 14.7. The van der Waals surface area contributed by atoms with Crippen molar-refractivity contribution in [2.24, 2.45) is 5.41 Å². The van der Waals surface area contributed by atoms with Gasteiger partial charge in [-0.3, -0.25) is 4.90 Å². The molecule has 166 valence electrons. The summed E-state index contributed by atoms with van der Waals surface area (Å²) in [6.45, 7) is 9.07. The summed E-state index contributed by atoms with van der Waals surface area (Å²) in [5.74, 6) is 0.490. The molecular formula is C21H26F3N7. The third kappa shape index (κ3) is 4.43. The number of nitriles is 1. The highest BCUT2D eigenvalue weighted by Crippen LogP contribution is 2.41. The molecule has 0 radical (unpaired) electrons. The summed E-state index contributed by atoms with van der Waals surface area (Å²) in [5.41, 5.74) is -0.825. The molecule has 0 unspecified atom stereocenters. The highest BCUT2D eigenvalue weighted by atomic mass is 19.4. The Hall–Kier alpha value is -2.51. The van der Waals surface area contributed by atoms with E-state index in [4.69, 9.17) is 5.26 Å². The third-order valence-electron chi connectivity index (χ3n) is 6.69. The predicted octanol–water partition coefficient (Wildman–Crippen LogP) is 3.25. The van der Waals surface area contributed by atoms with E-state index in [2.05, 4.69) is 39.2 Å². The van der Waals surface area contributed by atoms with Gasteiger partial charge in [0.25, 0.3) is 0 Å². The molecule has 0 aliphatic carbocycles. The zero-order chi connectivity index (χ0) is 22.2. The Bertz CT molecular complexity index is 968. The van der Waals surface area contributed by atoms with Crippen molar-refractivity contribution >= 4 is 0 Å². The molecule has 1 spiro atoms. The number of nitrogens with zero attached hydrogens (tertiary/aromatic N) is 7. The Morgan fingerprint density at radius 3 is 2.48 bits per heavy atom. The molecule has 2 saturated heterocycles. The highest BCUT2D eigenvalue weighted by Gasteiger charge is 2.41. The van der Waals surface area contributed by atoms with Crippen LogP contribution in [0.25, 0.3) is 5.69 Å². The fraction of sp³-hybridized carbons (Fsp3) is 0.619. The summed E-state index contributed by atoms with van der Waals surface area (Å²) in [5, 5.41) is 20.6. The Morgan fingerprint density at radius 2 is 1.87 bits per heavy atom. The number of benzene rings is 1. The Balaban J connectivity index is 1.47. The van der Waals surface area contributed by atoms with Gasteiger partial charge in [-0.2, -0.15) is 23.1 Å². The number of hydrogen-bond donors (Lipinski definition) is 0. The smallest absolute Gasteiger partial charge is 0.300 e. The second-order valence-corrected chi connectivity index (χ2v) is 8.94. The molecule has 0 atom stereocenters. The molecule has 31 heavy (non-hydrogen) atoms. The molecule has 0 amide bonds. The van der Waals surface area contributed by atoms with Gasteiger partial charge in [-0.05, 0) is 86.8 Å². The van der Waals surface area contributed by atoms with E-state index in [1.54, 1.807) is 6.07 Å². The lowest BCUT2D eigenvalue weighted by Crippen LogP contribution is -2.42. The standard InChI is InChI=1S/C21H26F3N7/c1-15(2)30-10-7-20(14-30)5-8-29(9-6-20)13-19-26-27-28-31(19)17-4-3-16(12-25)18(11-17)21(22,23)24/h3-4,11,15H,5-10,13-14H2,1-2H3. The number of halogens is 3. The largest absolute Gasteiger partial charge is 0.417 e. The van der Waals surface area contributed by atoms with Crippen LogP contribution in [-0.2, 0) is 12.7 Å². The molecular weight excluding hydrogens is 407 g/mol. The zero-order valence-electron chi connectivity index (χ0n) is 17.7. The fourth-order valence-corrected chi connectivity index (χ4v) is 4.70. The molecule has 0 bridgehead atoms. The molecule has 0 N–H and O–H groups in total. The maximum Gasteiger partial charge on any atom is 0.417 e. The summed E-state index contributed by atoms with van der Waals surface area (Å²) in [7, 11) is 0. The van der Waals surface area contributed by atoms with Gasteiger partial charge in [0.15, 0.2) is 5.82 Å². The Morgan fingerprint density at radius 1 is 1.16 bits per heavy atom. The first-order valence-corrected chi connectivity index (χ1v) is 10.6. The molecule has 0 saturated carbocycles. The molecule has 2 aliphatic rings. The van der Waals surface area contributed by atoms with Gasteiger partial charge in [0.05, 0.1) is 29.4 Å². The number of tetrazole rings is 1. The van der Waals surface area contributed by atoms with Crippen molar-refractivity contribution in [3.63, 3.8) is 0 Å². The van der Waals surface area contributed by atoms with Crippen molar-refractivity contribution in [2.45, 2.75) is 51.9 Å². The second-order valence-electron chi connectivity index (χ2n) is 8.94. The zero-order valence-corrected chi connectivity index (χ0v) is 17.7. The van der Waals surface area contributed by atoms with Crippen LogP contribution in [0.5, 0.6) is 0 Å². The van der Waals surface area contributed by atoms with Crippen molar-refractivity contribution in [3.8, 4) is 11.8 Å². The van der Waals surface area contributed by atoms with Crippen LogP contribution >= 0.6 is 0 Å². The van der Waals surface area contributed by atoms with E-state index in [0.29, 0.717) is 23.8 Å². The summed E-state index contributed by atoms with van der Waals surface area (Å²) >= 11 is 0. The fourth-order valence-electron chi connectivity index (χ4n) is 4.70. The van der Waals surface area contributed by atoms with E-state index in [0.717, 1.165) is 51.2 Å². The quantitative estimate of drug-likeness (QED) is 0.737. The van der Waals surface area contributed by atoms with Crippen LogP contribution in [-0.4, -0.2) is 62.2 Å². The van der Waals surface area contributed by atoms with Gasteiger partial charge in [-0.15, -0.1) is 5.10 Å². The lowest BCUT2D eigenvalue weighted by molar-refractivity contribution is -0.137. The summed E-state index contributed by atoms with van der Waals surface area (Å²) in [4.78, 5) is 4.80. The van der Waals surface area contributed by atoms with Gasteiger partial charge in [0.1, 0.15) is 0 Å². The van der Waals surface area contributed by atoms with Crippen molar-refractivity contribution < 1.29 is 13.2 Å². The van der Waals surface area contributed by atoms with E-state index in [1.165, 1.54) is 17.2 Å². The Labute approximate surface area is 179 Å². The van der Waals surface area contributed by atoms with Crippen LogP contribution in [0.2, 0.25) is 0 Å². The SMILES string of the molecule is CC(C)N1CCC2(CCN(Cc3nnnn3-c3ccc(C#N)c(C(F)(F)F)c3)CC2)C1. The topological polar surface area (TPSA) is 73.9 Å². The van der Waals surface area contributed by atoms with Crippen LogP contribution < -0.4 is 0 Å². The lowest BCUT2D eigenvalue weighted by atomic mass is 9.78. The normalized spacial score (nSPS) is 19.9. The molecule has 2 fully saturated rings. The highest BCUT2D eigenvalue weighted by molar-refractivity contribution is 5.47. The van der Waals surface area contributed by atoms with Crippen LogP contribution in [0, 0.1) is 16.7 Å². The molecule has 4 rings (SSSR count). The maximum atomic E-state index is 13.3. The predicted molar refractivity (Wildman–Crippen MR) is 107 cm³/mol. The number of alkyl halides is 3. The van der Waals surface area contributed by atoms with Gasteiger partial charge in [-0.1, -0.05) is 0 Å². The first-order valence-electron chi connectivity index (χ1n) is 10.6. The molecule has 7 nitrogen and oxygen atoms in total. The molecule has 1 aromatic heterocycles. The molecule has 10 heteroatoms. The average molecular weight is 433 g/mol. The lowest BCUT2D eigenvalue weighted by Gasteiger charge is -2.39. The molecule has 2 aliphatic heterocycles. The van der Waals surface area contributed by atoms with Crippen molar-refractivity contribution in [2.75, 3.05) is 26.2 Å². The minimum absolute atomic E-state index is 0.197. The summed E-state index contributed by atoms with van der Waals surface area (Å²) < 4.78 is 41.3. The average Bonchev–Trinajstić information content (AvgIpc) is 3.36. The van der Waals surface area contributed by atoms with Crippen molar-refractivity contribution in [1.29, 1.82) is 5.26 Å². The Kier molecular flexibility index (Phi) is 5.75. The number of aromatic nitrogens is 4. The van der Waals surface area contributed by atoms with Crippen LogP contribution in [0.3, 0.4) is 0 Å². The number of rotatable bonds is 4. The molecule has 2 aromatic rings. The monoisotopic (exact) mass is 433 g/mol.